The van der Waals surface area contributed by atoms with Gasteiger partial charge in [-0.1, -0.05) is 29.8 Å². The minimum Gasteiger partial charge on any atom is -0.486 e. The number of ether oxygens (including phenoxy) is 3. The Bertz CT molecular complexity index is 882. The number of esters is 1. The van der Waals surface area contributed by atoms with Crippen LogP contribution >= 0.6 is 11.6 Å². The van der Waals surface area contributed by atoms with Gasteiger partial charge in [0.1, 0.15) is 13.2 Å². The van der Waals surface area contributed by atoms with E-state index in [1.807, 2.05) is 24.3 Å². The summed E-state index contributed by atoms with van der Waals surface area (Å²) in [4.78, 5) is 26.4. The molecule has 2 aromatic rings. The number of hydrogen-bond donors (Lipinski definition) is 0. The molecule has 0 saturated heterocycles. The summed E-state index contributed by atoms with van der Waals surface area (Å²) in [7, 11) is 0. The molecule has 0 bridgehead atoms. The third-order valence-electron chi connectivity index (χ3n) is 4.35. The first kappa shape index (κ1) is 16.7. The van der Waals surface area contributed by atoms with Gasteiger partial charge in [0.2, 0.25) is 0 Å². The lowest BCUT2D eigenvalue weighted by Gasteiger charge is -2.20. The van der Waals surface area contributed by atoms with Gasteiger partial charge in [0, 0.05) is 12.2 Å². The second-order valence-corrected chi connectivity index (χ2v) is 6.39. The van der Waals surface area contributed by atoms with E-state index in [-0.39, 0.29) is 23.1 Å². The van der Waals surface area contributed by atoms with Crippen LogP contribution in [0, 0.1) is 0 Å². The number of amides is 1. The number of rotatable bonds is 3. The highest BCUT2D eigenvalue weighted by Gasteiger charge is 2.26. The van der Waals surface area contributed by atoms with Crippen LogP contribution in [0.5, 0.6) is 11.5 Å². The molecule has 2 aliphatic rings. The molecule has 0 atom stereocenters. The largest absolute Gasteiger partial charge is 0.486 e. The number of hydrogen-bond acceptors (Lipinski definition) is 5. The highest BCUT2D eigenvalue weighted by molar-refractivity contribution is 6.32. The van der Waals surface area contributed by atoms with Gasteiger partial charge in [-0.05, 0) is 30.2 Å². The van der Waals surface area contributed by atoms with E-state index >= 15 is 0 Å². The second kappa shape index (κ2) is 6.88. The first-order valence-electron chi connectivity index (χ1n) is 8.28. The topological polar surface area (TPSA) is 65.1 Å². The van der Waals surface area contributed by atoms with Gasteiger partial charge in [0.05, 0.1) is 10.6 Å². The Morgan fingerprint density at radius 3 is 2.85 bits per heavy atom. The number of carbonyl (C=O) groups excluding carboxylic acids is 2. The van der Waals surface area contributed by atoms with Gasteiger partial charge in [0.15, 0.2) is 18.1 Å². The molecule has 0 radical (unpaired) electrons. The van der Waals surface area contributed by atoms with E-state index in [0.717, 1.165) is 17.7 Å². The summed E-state index contributed by atoms with van der Waals surface area (Å²) in [6.07, 6.45) is 0.799. The van der Waals surface area contributed by atoms with Crippen molar-refractivity contribution in [2.24, 2.45) is 0 Å². The van der Waals surface area contributed by atoms with Crippen molar-refractivity contribution in [1.29, 1.82) is 0 Å². The highest BCUT2D eigenvalue weighted by Crippen LogP contribution is 2.38. The minimum atomic E-state index is -0.635. The van der Waals surface area contributed by atoms with Crippen LogP contribution in [-0.4, -0.2) is 38.2 Å². The van der Waals surface area contributed by atoms with E-state index in [2.05, 4.69) is 0 Å². The average Bonchev–Trinajstić information content (AvgIpc) is 3.10. The molecule has 0 saturated carbocycles. The lowest BCUT2D eigenvalue weighted by molar-refractivity contribution is -0.121. The Kier molecular flexibility index (Phi) is 4.42. The summed E-state index contributed by atoms with van der Waals surface area (Å²) in [5, 5.41) is 0.272. The van der Waals surface area contributed by atoms with Crippen molar-refractivity contribution in [2.75, 3.05) is 31.3 Å². The summed E-state index contributed by atoms with van der Waals surface area (Å²) in [5.74, 6) is -0.0774. The molecule has 7 heteroatoms. The molecule has 4 rings (SSSR count). The van der Waals surface area contributed by atoms with Crippen molar-refractivity contribution in [2.45, 2.75) is 6.42 Å². The van der Waals surface area contributed by atoms with Gasteiger partial charge >= 0.3 is 5.97 Å². The molecular weight excluding hydrogens is 358 g/mol. The molecule has 2 aromatic carbocycles. The molecular formula is C19H16ClNO5. The Morgan fingerprint density at radius 1 is 1.15 bits per heavy atom. The predicted octanol–water partition coefficient (Wildman–Crippen LogP) is 2.86. The minimum absolute atomic E-state index is 0.217. The summed E-state index contributed by atoms with van der Waals surface area (Å²) in [6.45, 7) is 1.04. The zero-order chi connectivity index (χ0) is 18.1. The Labute approximate surface area is 155 Å². The zero-order valence-electron chi connectivity index (χ0n) is 13.9. The Hall–Kier alpha value is -2.73. The van der Waals surface area contributed by atoms with E-state index in [1.165, 1.54) is 12.1 Å². The Balaban J connectivity index is 1.43. The summed E-state index contributed by atoms with van der Waals surface area (Å²) < 4.78 is 16.0. The van der Waals surface area contributed by atoms with Crippen LogP contribution in [0.15, 0.2) is 36.4 Å². The van der Waals surface area contributed by atoms with Crippen molar-refractivity contribution in [3.63, 3.8) is 0 Å². The van der Waals surface area contributed by atoms with Crippen LogP contribution in [0.4, 0.5) is 5.69 Å². The lowest BCUT2D eigenvalue weighted by atomic mass is 10.2. The Morgan fingerprint density at radius 2 is 1.96 bits per heavy atom. The number of para-hydroxylation sites is 1. The van der Waals surface area contributed by atoms with Gasteiger partial charge < -0.3 is 19.1 Å². The zero-order valence-corrected chi connectivity index (χ0v) is 14.6. The first-order chi connectivity index (χ1) is 12.6. The van der Waals surface area contributed by atoms with E-state index in [1.54, 1.807) is 4.90 Å². The third kappa shape index (κ3) is 3.08. The average molecular weight is 374 g/mol. The molecule has 2 aliphatic heterocycles. The molecule has 0 N–H and O–H groups in total. The monoisotopic (exact) mass is 373 g/mol. The van der Waals surface area contributed by atoms with Crippen molar-refractivity contribution in [1.82, 2.24) is 0 Å². The van der Waals surface area contributed by atoms with Gasteiger partial charge in [-0.2, -0.15) is 0 Å². The molecule has 1 amide bonds. The lowest BCUT2D eigenvalue weighted by Crippen LogP contribution is -2.33. The molecule has 26 heavy (non-hydrogen) atoms. The van der Waals surface area contributed by atoms with Crippen molar-refractivity contribution in [3.8, 4) is 11.5 Å². The maximum atomic E-state index is 12.4. The number of benzene rings is 2. The molecule has 2 heterocycles. The quantitative estimate of drug-likeness (QED) is 0.774. The van der Waals surface area contributed by atoms with E-state index < -0.39 is 5.97 Å². The molecule has 134 valence electrons. The summed E-state index contributed by atoms with van der Waals surface area (Å²) in [6, 6.07) is 10.7. The summed E-state index contributed by atoms with van der Waals surface area (Å²) in [5.41, 5.74) is 2.20. The van der Waals surface area contributed by atoms with Crippen LogP contribution < -0.4 is 14.4 Å². The van der Waals surface area contributed by atoms with Gasteiger partial charge in [-0.3, -0.25) is 4.79 Å². The SMILES string of the molecule is O=C(OCC(=O)N1CCc2ccccc21)c1cc(Cl)c2c(c1)OCCO2. The number of halogens is 1. The molecule has 0 aliphatic carbocycles. The van der Waals surface area contributed by atoms with E-state index in [0.29, 0.717) is 31.3 Å². The molecule has 0 fully saturated rings. The standard InChI is InChI=1S/C19H16ClNO5/c20-14-9-13(10-16-18(14)25-8-7-24-16)19(23)26-11-17(22)21-6-5-12-3-1-2-4-15(12)21/h1-4,9-10H,5-8,11H2. The van der Waals surface area contributed by atoms with E-state index in [4.69, 9.17) is 25.8 Å². The van der Waals surface area contributed by atoms with E-state index in [9.17, 15) is 9.59 Å². The van der Waals surface area contributed by atoms with Crippen LogP contribution in [0.2, 0.25) is 5.02 Å². The molecule has 0 unspecified atom stereocenters. The van der Waals surface area contributed by atoms with Gasteiger partial charge in [-0.25, -0.2) is 4.79 Å². The first-order valence-corrected chi connectivity index (χ1v) is 8.66. The van der Waals surface area contributed by atoms with Gasteiger partial charge in [-0.15, -0.1) is 0 Å². The fraction of sp³-hybridized carbons (Fsp3) is 0.263. The third-order valence-corrected chi connectivity index (χ3v) is 4.63. The predicted molar refractivity (Wildman–Crippen MR) is 95.2 cm³/mol. The summed E-state index contributed by atoms with van der Waals surface area (Å²) >= 11 is 6.13. The molecule has 0 aromatic heterocycles. The molecule has 6 nitrogen and oxygen atoms in total. The maximum Gasteiger partial charge on any atom is 0.338 e. The number of nitrogens with zero attached hydrogens (tertiary/aromatic N) is 1. The number of carbonyl (C=O) groups is 2. The van der Waals surface area contributed by atoms with Crippen LogP contribution in [0.25, 0.3) is 0 Å². The van der Waals surface area contributed by atoms with Crippen LogP contribution in [-0.2, 0) is 16.0 Å². The number of fused-ring (bicyclic) bond motifs is 2. The fourth-order valence-corrected chi connectivity index (χ4v) is 3.38. The van der Waals surface area contributed by atoms with Crippen LogP contribution in [0.1, 0.15) is 15.9 Å². The van der Waals surface area contributed by atoms with Crippen molar-refractivity contribution >= 4 is 29.2 Å². The normalized spacial score (nSPS) is 14.7. The number of anilines is 1. The maximum absolute atomic E-state index is 12.4. The van der Waals surface area contributed by atoms with Crippen molar-refractivity contribution in [3.05, 3.63) is 52.5 Å². The smallest absolute Gasteiger partial charge is 0.338 e. The van der Waals surface area contributed by atoms with Crippen molar-refractivity contribution < 1.29 is 23.8 Å². The highest BCUT2D eigenvalue weighted by atomic mass is 35.5. The molecule has 0 spiro atoms. The van der Waals surface area contributed by atoms with Crippen LogP contribution in [0.3, 0.4) is 0 Å². The fourth-order valence-electron chi connectivity index (χ4n) is 3.11. The second-order valence-electron chi connectivity index (χ2n) is 5.98. The van der Waals surface area contributed by atoms with Gasteiger partial charge in [0.25, 0.3) is 5.91 Å².